The molecule has 1 fully saturated rings. The van der Waals surface area contributed by atoms with Crippen LogP contribution in [-0.4, -0.2) is 38.6 Å². The van der Waals surface area contributed by atoms with Gasteiger partial charge in [0.1, 0.15) is 5.25 Å². The van der Waals surface area contributed by atoms with Gasteiger partial charge in [-0.25, -0.2) is 0 Å². The molecule has 1 aromatic heterocycles. The van der Waals surface area contributed by atoms with Crippen LogP contribution in [0.15, 0.2) is 58.7 Å². The van der Waals surface area contributed by atoms with Gasteiger partial charge in [-0.15, -0.1) is 5.10 Å². The first-order chi connectivity index (χ1) is 14.0. The van der Waals surface area contributed by atoms with Crippen LogP contribution in [0.5, 0.6) is 0 Å². The molecule has 1 amide bonds. The van der Waals surface area contributed by atoms with E-state index in [2.05, 4.69) is 20.5 Å². The zero-order chi connectivity index (χ0) is 20.4. The van der Waals surface area contributed by atoms with E-state index in [9.17, 15) is 9.59 Å². The molecule has 1 unspecified atom stereocenters. The molecule has 2 aromatic carbocycles. The van der Waals surface area contributed by atoms with E-state index in [-0.39, 0.29) is 17.5 Å². The van der Waals surface area contributed by atoms with Crippen molar-refractivity contribution in [1.82, 2.24) is 10.3 Å². The number of halogens is 1. The topological polar surface area (TPSA) is 107 Å². The number of benzene rings is 2. The maximum absolute atomic E-state index is 11.8. The number of carbonyl (C=O) groups excluding carboxylic acids is 1. The van der Waals surface area contributed by atoms with Crippen molar-refractivity contribution in [2.24, 2.45) is 10.2 Å². The summed E-state index contributed by atoms with van der Waals surface area (Å²) in [4.78, 5) is 26.0. The smallest absolute Gasteiger partial charge is 0.305 e. The number of amides is 1. The molecule has 0 spiro atoms. The summed E-state index contributed by atoms with van der Waals surface area (Å²) in [5, 5.41) is 20.8. The molecule has 0 aliphatic carbocycles. The average molecular weight is 427 g/mol. The third kappa shape index (κ3) is 4.18. The number of hydrogen-bond donors (Lipinski definition) is 3. The average Bonchev–Trinajstić information content (AvgIpc) is 3.23. The van der Waals surface area contributed by atoms with Gasteiger partial charge < -0.3 is 15.4 Å². The molecule has 29 heavy (non-hydrogen) atoms. The molecule has 0 saturated carbocycles. The number of carboxylic acids is 1. The number of aliphatic carboxylic acids is 1. The third-order valence-electron chi connectivity index (χ3n) is 4.35. The summed E-state index contributed by atoms with van der Waals surface area (Å²) in [6.07, 6.45) is 1.36. The molecule has 1 atom stereocenters. The number of para-hydroxylation sites is 1. The monoisotopic (exact) mass is 426 g/mol. The lowest BCUT2D eigenvalue weighted by Gasteiger charge is -2.01. The van der Waals surface area contributed by atoms with Crippen LogP contribution < -0.4 is 5.32 Å². The van der Waals surface area contributed by atoms with Crippen molar-refractivity contribution < 1.29 is 14.7 Å². The van der Waals surface area contributed by atoms with Crippen LogP contribution in [0.2, 0.25) is 5.02 Å². The Morgan fingerprint density at radius 2 is 1.97 bits per heavy atom. The summed E-state index contributed by atoms with van der Waals surface area (Å²) in [6, 6.07) is 15.3. The molecule has 1 aliphatic heterocycles. The summed E-state index contributed by atoms with van der Waals surface area (Å²) in [7, 11) is 0. The lowest BCUT2D eigenvalue weighted by atomic mass is 10.1. The minimum atomic E-state index is -1.03. The SMILES string of the molecule is O=C(O)CC1S/C(=N\N=C\c2c(-c3ccc(Cl)cc3)[nH]c3ccccc23)NC1=O. The van der Waals surface area contributed by atoms with Gasteiger partial charge in [-0.05, 0) is 23.8 Å². The predicted octanol–water partition coefficient (Wildman–Crippen LogP) is 3.88. The molecule has 0 radical (unpaired) electrons. The van der Waals surface area contributed by atoms with Crippen molar-refractivity contribution in [3.63, 3.8) is 0 Å². The highest BCUT2D eigenvalue weighted by Crippen LogP contribution is 2.30. The summed E-state index contributed by atoms with van der Waals surface area (Å²) in [6.45, 7) is 0. The maximum Gasteiger partial charge on any atom is 0.305 e. The summed E-state index contributed by atoms with van der Waals surface area (Å²) < 4.78 is 0. The van der Waals surface area contributed by atoms with Gasteiger partial charge in [0.2, 0.25) is 5.91 Å². The fourth-order valence-electron chi connectivity index (χ4n) is 3.03. The number of rotatable bonds is 5. The number of hydrogen-bond acceptors (Lipinski definition) is 5. The number of H-pyrrole nitrogens is 1. The Morgan fingerprint density at radius 1 is 1.21 bits per heavy atom. The second-order valence-corrected chi connectivity index (χ2v) is 7.94. The minimum Gasteiger partial charge on any atom is -0.481 e. The van der Waals surface area contributed by atoms with Gasteiger partial charge in [0.25, 0.3) is 0 Å². The first-order valence-electron chi connectivity index (χ1n) is 8.68. The minimum absolute atomic E-state index is 0.262. The van der Waals surface area contributed by atoms with Gasteiger partial charge >= 0.3 is 5.97 Å². The number of amidine groups is 1. The fraction of sp³-hybridized carbons (Fsp3) is 0.100. The molecular weight excluding hydrogens is 412 g/mol. The Bertz CT molecular complexity index is 1150. The predicted molar refractivity (Wildman–Crippen MR) is 116 cm³/mol. The molecule has 7 nitrogen and oxygen atoms in total. The number of carbonyl (C=O) groups is 2. The number of carboxylic acid groups (broad SMARTS) is 1. The second kappa shape index (κ2) is 8.10. The van der Waals surface area contributed by atoms with Crippen molar-refractivity contribution >= 4 is 57.5 Å². The van der Waals surface area contributed by atoms with Crippen LogP contribution in [0.4, 0.5) is 0 Å². The first-order valence-corrected chi connectivity index (χ1v) is 9.94. The van der Waals surface area contributed by atoms with Gasteiger partial charge in [0, 0.05) is 21.5 Å². The molecule has 0 bridgehead atoms. The first kappa shape index (κ1) is 19.2. The van der Waals surface area contributed by atoms with Crippen molar-refractivity contribution in [2.75, 3.05) is 0 Å². The summed E-state index contributed by atoms with van der Waals surface area (Å²) >= 11 is 7.06. The molecule has 2 heterocycles. The van der Waals surface area contributed by atoms with E-state index in [1.165, 1.54) is 0 Å². The quantitative estimate of drug-likeness (QED) is 0.425. The van der Waals surface area contributed by atoms with Crippen LogP contribution in [0.3, 0.4) is 0 Å². The second-order valence-electron chi connectivity index (χ2n) is 6.31. The Balaban J connectivity index is 1.65. The summed E-state index contributed by atoms with van der Waals surface area (Å²) in [5.41, 5.74) is 3.63. The highest BCUT2D eigenvalue weighted by molar-refractivity contribution is 8.15. The highest BCUT2D eigenvalue weighted by Gasteiger charge is 2.32. The number of fused-ring (bicyclic) bond motifs is 1. The number of thioether (sulfide) groups is 1. The highest BCUT2D eigenvalue weighted by atomic mass is 35.5. The molecule has 3 N–H and O–H groups in total. The van der Waals surface area contributed by atoms with Crippen molar-refractivity contribution in [2.45, 2.75) is 11.7 Å². The third-order valence-corrected chi connectivity index (χ3v) is 5.68. The van der Waals surface area contributed by atoms with Gasteiger partial charge in [0.05, 0.1) is 18.3 Å². The Labute approximate surface area is 174 Å². The number of nitrogens with one attached hydrogen (secondary N) is 2. The Morgan fingerprint density at radius 3 is 2.72 bits per heavy atom. The molecule has 1 saturated heterocycles. The van der Waals surface area contributed by atoms with E-state index in [4.69, 9.17) is 16.7 Å². The lowest BCUT2D eigenvalue weighted by molar-refractivity contribution is -0.138. The zero-order valence-electron chi connectivity index (χ0n) is 14.9. The lowest BCUT2D eigenvalue weighted by Crippen LogP contribution is -2.26. The van der Waals surface area contributed by atoms with Crippen LogP contribution in [-0.2, 0) is 9.59 Å². The number of nitrogens with zero attached hydrogens (tertiary/aromatic N) is 2. The normalized spacial score (nSPS) is 18.0. The van der Waals surface area contributed by atoms with Gasteiger partial charge in [-0.2, -0.15) is 5.10 Å². The Kier molecular flexibility index (Phi) is 5.37. The number of aromatic amines is 1. The standard InChI is InChI=1S/C20H15ClN4O3S/c21-12-7-5-11(6-8-12)18-14(13-3-1-2-4-15(13)23-18)10-22-25-20-24-19(28)16(29-20)9-17(26)27/h1-8,10,16,23H,9H2,(H,26,27)(H,24,25,28)/b22-10+. The largest absolute Gasteiger partial charge is 0.481 e. The number of aromatic nitrogens is 1. The van der Waals surface area contributed by atoms with Crippen LogP contribution in [0.25, 0.3) is 22.2 Å². The van der Waals surface area contributed by atoms with Crippen LogP contribution >= 0.6 is 23.4 Å². The molecule has 3 aromatic rings. The van der Waals surface area contributed by atoms with Gasteiger partial charge in [-0.1, -0.05) is 53.7 Å². The zero-order valence-corrected chi connectivity index (χ0v) is 16.5. The molecule has 146 valence electrons. The van der Waals surface area contributed by atoms with Crippen molar-refractivity contribution in [1.29, 1.82) is 0 Å². The fourth-order valence-corrected chi connectivity index (χ4v) is 4.07. The molecule has 9 heteroatoms. The Hall–Kier alpha value is -3.10. The molecular formula is C20H15ClN4O3S. The van der Waals surface area contributed by atoms with E-state index in [1.54, 1.807) is 6.21 Å². The molecule has 1 aliphatic rings. The van der Waals surface area contributed by atoms with E-state index in [0.29, 0.717) is 5.02 Å². The maximum atomic E-state index is 11.8. The van der Waals surface area contributed by atoms with E-state index in [1.807, 2.05) is 48.5 Å². The van der Waals surface area contributed by atoms with E-state index < -0.39 is 11.2 Å². The van der Waals surface area contributed by atoms with Gasteiger partial charge in [0.15, 0.2) is 5.17 Å². The van der Waals surface area contributed by atoms with Crippen molar-refractivity contribution in [3.8, 4) is 11.3 Å². The van der Waals surface area contributed by atoms with Crippen LogP contribution in [0, 0.1) is 0 Å². The van der Waals surface area contributed by atoms with Crippen molar-refractivity contribution in [3.05, 3.63) is 59.1 Å². The van der Waals surface area contributed by atoms with Gasteiger partial charge in [-0.3, -0.25) is 9.59 Å². The van der Waals surface area contributed by atoms with E-state index in [0.717, 1.165) is 39.5 Å². The van der Waals surface area contributed by atoms with E-state index >= 15 is 0 Å². The molecule has 4 rings (SSSR count). The van der Waals surface area contributed by atoms with Crippen LogP contribution in [0.1, 0.15) is 12.0 Å². The summed E-state index contributed by atoms with van der Waals surface area (Å²) in [5.74, 6) is -1.41.